The van der Waals surface area contributed by atoms with E-state index in [1.807, 2.05) is 0 Å². The summed E-state index contributed by atoms with van der Waals surface area (Å²) in [4.78, 5) is 24.5. The largest absolute Gasteiger partial charge is 0.330 e. The van der Waals surface area contributed by atoms with Gasteiger partial charge in [0, 0.05) is 29.2 Å². The zero-order chi connectivity index (χ0) is 14.4. The second-order valence-electron chi connectivity index (χ2n) is 3.89. The van der Waals surface area contributed by atoms with Gasteiger partial charge in [0.05, 0.1) is 0 Å². The van der Waals surface area contributed by atoms with E-state index < -0.39 is 0 Å². The Hall–Kier alpha value is -1.52. The van der Waals surface area contributed by atoms with E-state index in [-0.39, 0.29) is 18.4 Å². The molecular weight excluding hydrogens is 287 g/mol. The van der Waals surface area contributed by atoms with Crippen LogP contribution in [0.4, 0.5) is 5.69 Å². The highest BCUT2D eigenvalue weighted by Crippen LogP contribution is 2.22. The summed E-state index contributed by atoms with van der Waals surface area (Å²) in [5, 5.41) is 3.49. The van der Waals surface area contributed by atoms with Crippen LogP contribution >= 0.6 is 23.2 Å². The molecule has 0 aliphatic heterocycles. The number of hydrogen-bond donors (Lipinski definition) is 1. The summed E-state index contributed by atoms with van der Waals surface area (Å²) >= 11 is 11.7. The number of carbonyl (C=O) groups excluding carboxylic acids is 2. The lowest BCUT2D eigenvalue weighted by molar-refractivity contribution is -0.132. The maximum Gasteiger partial charge on any atom is 0.244 e. The van der Waals surface area contributed by atoms with Crippen LogP contribution < -0.4 is 5.32 Å². The van der Waals surface area contributed by atoms with E-state index in [9.17, 15) is 9.59 Å². The highest BCUT2D eigenvalue weighted by atomic mass is 35.5. The molecule has 0 atom stereocenters. The molecule has 0 saturated carbocycles. The molecule has 1 rings (SSSR count). The van der Waals surface area contributed by atoms with Gasteiger partial charge in [-0.25, -0.2) is 0 Å². The molecule has 0 bridgehead atoms. The maximum absolute atomic E-state index is 11.8. The summed E-state index contributed by atoms with van der Waals surface area (Å²) in [7, 11) is 0. The molecule has 0 radical (unpaired) electrons. The fourth-order valence-electron chi connectivity index (χ4n) is 1.46. The zero-order valence-electron chi connectivity index (χ0n) is 10.5. The predicted molar refractivity (Wildman–Crippen MR) is 77.5 cm³/mol. The summed E-state index contributed by atoms with van der Waals surface area (Å²) in [5.41, 5.74) is 0.490. The quantitative estimate of drug-likeness (QED) is 0.850. The average molecular weight is 301 g/mol. The van der Waals surface area contributed by atoms with Gasteiger partial charge in [0.15, 0.2) is 0 Å². The molecule has 2 amide bonds. The van der Waals surface area contributed by atoms with E-state index in [2.05, 4.69) is 11.9 Å². The van der Waals surface area contributed by atoms with Crippen LogP contribution in [-0.2, 0) is 9.59 Å². The molecule has 102 valence electrons. The van der Waals surface area contributed by atoms with Crippen LogP contribution in [0.1, 0.15) is 6.92 Å². The van der Waals surface area contributed by atoms with Crippen molar-refractivity contribution < 1.29 is 9.59 Å². The Morgan fingerprint density at radius 3 is 2.37 bits per heavy atom. The highest BCUT2D eigenvalue weighted by molar-refractivity contribution is 6.35. The topological polar surface area (TPSA) is 49.4 Å². The third-order valence-corrected chi connectivity index (χ3v) is 2.71. The van der Waals surface area contributed by atoms with Crippen molar-refractivity contribution >= 4 is 40.7 Å². The number of benzene rings is 1. The van der Waals surface area contributed by atoms with Crippen molar-refractivity contribution in [3.8, 4) is 0 Å². The van der Waals surface area contributed by atoms with Crippen molar-refractivity contribution in [2.24, 2.45) is 0 Å². The summed E-state index contributed by atoms with van der Waals surface area (Å²) < 4.78 is 0. The van der Waals surface area contributed by atoms with Crippen molar-refractivity contribution in [3.05, 3.63) is 40.9 Å². The van der Waals surface area contributed by atoms with Crippen molar-refractivity contribution in [3.63, 3.8) is 0 Å². The van der Waals surface area contributed by atoms with Crippen molar-refractivity contribution in [1.29, 1.82) is 0 Å². The molecule has 0 spiro atoms. The standard InChI is InChI=1S/C13H14Cl2N2O2/c1-3-4-17(9(2)18)8-13(19)16-12-6-10(14)5-11(15)7-12/h3,5-7H,1,4,8H2,2H3,(H,16,19). The fourth-order valence-corrected chi connectivity index (χ4v) is 1.99. The highest BCUT2D eigenvalue weighted by Gasteiger charge is 2.12. The molecule has 4 nitrogen and oxygen atoms in total. The summed E-state index contributed by atoms with van der Waals surface area (Å²) in [6, 6.07) is 4.73. The lowest BCUT2D eigenvalue weighted by Crippen LogP contribution is -2.36. The lowest BCUT2D eigenvalue weighted by Gasteiger charge is -2.18. The van der Waals surface area contributed by atoms with E-state index in [4.69, 9.17) is 23.2 Å². The minimum Gasteiger partial charge on any atom is -0.330 e. The Morgan fingerprint density at radius 1 is 1.32 bits per heavy atom. The normalized spacial score (nSPS) is 9.84. The van der Waals surface area contributed by atoms with Gasteiger partial charge in [-0.1, -0.05) is 29.3 Å². The van der Waals surface area contributed by atoms with E-state index in [1.54, 1.807) is 24.3 Å². The van der Waals surface area contributed by atoms with Crippen LogP contribution in [0.5, 0.6) is 0 Å². The van der Waals surface area contributed by atoms with E-state index >= 15 is 0 Å². The minimum absolute atomic E-state index is 0.0501. The third kappa shape index (κ3) is 5.32. The molecule has 19 heavy (non-hydrogen) atoms. The van der Waals surface area contributed by atoms with Gasteiger partial charge >= 0.3 is 0 Å². The number of anilines is 1. The monoisotopic (exact) mass is 300 g/mol. The van der Waals surface area contributed by atoms with Gasteiger partial charge in [0.1, 0.15) is 6.54 Å². The van der Waals surface area contributed by atoms with Crippen molar-refractivity contribution in [2.75, 3.05) is 18.4 Å². The fraction of sp³-hybridized carbons (Fsp3) is 0.231. The SMILES string of the molecule is C=CCN(CC(=O)Nc1cc(Cl)cc(Cl)c1)C(C)=O. The first kappa shape index (κ1) is 15.5. The van der Waals surface area contributed by atoms with Gasteiger partial charge in [-0.05, 0) is 18.2 Å². The molecule has 0 heterocycles. The molecule has 1 aromatic rings. The van der Waals surface area contributed by atoms with E-state index in [1.165, 1.54) is 11.8 Å². The number of halogens is 2. The Morgan fingerprint density at radius 2 is 1.89 bits per heavy atom. The van der Waals surface area contributed by atoms with Gasteiger partial charge in [-0.2, -0.15) is 0 Å². The lowest BCUT2D eigenvalue weighted by atomic mass is 10.3. The molecule has 0 aliphatic rings. The molecule has 0 saturated heterocycles. The van der Waals surface area contributed by atoms with Gasteiger partial charge in [0.25, 0.3) is 0 Å². The summed E-state index contributed by atoms with van der Waals surface area (Å²) in [6.07, 6.45) is 1.56. The molecule has 1 N–H and O–H groups in total. The van der Waals surface area contributed by atoms with Gasteiger partial charge in [-0.3, -0.25) is 9.59 Å². The zero-order valence-corrected chi connectivity index (χ0v) is 12.0. The van der Waals surface area contributed by atoms with E-state index in [0.29, 0.717) is 22.3 Å². The molecule has 1 aromatic carbocycles. The maximum atomic E-state index is 11.8. The van der Waals surface area contributed by atoms with Crippen LogP contribution in [0.15, 0.2) is 30.9 Å². The number of hydrogen-bond acceptors (Lipinski definition) is 2. The average Bonchev–Trinajstić information content (AvgIpc) is 2.26. The van der Waals surface area contributed by atoms with Crippen LogP contribution in [0, 0.1) is 0 Å². The first-order chi connectivity index (χ1) is 8.92. The number of rotatable bonds is 5. The first-order valence-corrected chi connectivity index (χ1v) is 6.30. The van der Waals surface area contributed by atoms with Crippen LogP contribution in [0.25, 0.3) is 0 Å². The Kier molecular flexibility index (Phi) is 5.86. The Balaban J connectivity index is 2.68. The predicted octanol–water partition coefficient (Wildman–Crippen LogP) is 2.97. The van der Waals surface area contributed by atoms with Crippen LogP contribution in [0.2, 0.25) is 10.0 Å². The smallest absolute Gasteiger partial charge is 0.244 e. The number of nitrogens with one attached hydrogen (secondary N) is 1. The van der Waals surface area contributed by atoms with Crippen molar-refractivity contribution in [1.82, 2.24) is 4.90 Å². The molecule has 6 heteroatoms. The molecular formula is C13H14Cl2N2O2. The molecule has 0 aliphatic carbocycles. The molecule has 0 aromatic heterocycles. The second-order valence-corrected chi connectivity index (χ2v) is 4.77. The first-order valence-electron chi connectivity index (χ1n) is 5.54. The molecule has 0 fully saturated rings. The molecule has 0 unspecified atom stereocenters. The number of amides is 2. The van der Waals surface area contributed by atoms with Crippen LogP contribution in [0.3, 0.4) is 0 Å². The number of carbonyl (C=O) groups is 2. The van der Waals surface area contributed by atoms with Crippen LogP contribution in [-0.4, -0.2) is 29.8 Å². The Labute approximate surface area is 122 Å². The second kappa shape index (κ2) is 7.16. The summed E-state index contributed by atoms with van der Waals surface area (Å²) in [5.74, 6) is -0.519. The third-order valence-electron chi connectivity index (χ3n) is 2.28. The van der Waals surface area contributed by atoms with Crippen molar-refractivity contribution in [2.45, 2.75) is 6.92 Å². The van der Waals surface area contributed by atoms with Gasteiger partial charge < -0.3 is 10.2 Å². The Bertz CT molecular complexity index is 483. The number of nitrogens with zero attached hydrogens (tertiary/aromatic N) is 1. The minimum atomic E-state index is -0.324. The van der Waals surface area contributed by atoms with Gasteiger partial charge in [0.2, 0.25) is 11.8 Å². The van der Waals surface area contributed by atoms with E-state index in [0.717, 1.165) is 0 Å². The van der Waals surface area contributed by atoms with Gasteiger partial charge in [-0.15, -0.1) is 6.58 Å². The summed E-state index contributed by atoms with van der Waals surface area (Å²) in [6.45, 7) is 5.20.